The maximum absolute atomic E-state index is 12.9. The lowest BCUT2D eigenvalue weighted by atomic mass is 10.2. The number of sulfonamides is 1. The van der Waals surface area contributed by atoms with Gasteiger partial charge in [0.2, 0.25) is 15.9 Å². The second-order valence-electron chi connectivity index (χ2n) is 5.07. The number of halogens is 1. The van der Waals surface area contributed by atoms with Gasteiger partial charge in [-0.3, -0.25) is 9.78 Å². The fourth-order valence-corrected chi connectivity index (χ4v) is 3.27. The molecular formula is C16H18FN3O3S. The topological polar surface area (TPSA) is 88.2 Å². The lowest BCUT2D eigenvalue weighted by Crippen LogP contribution is -2.46. The summed E-state index contributed by atoms with van der Waals surface area (Å²) in [6.07, 6.45) is 1.88. The van der Waals surface area contributed by atoms with Crippen molar-refractivity contribution in [3.05, 3.63) is 60.2 Å². The highest BCUT2D eigenvalue weighted by atomic mass is 32.2. The molecule has 1 aromatic heterocycles. The summed E-state index contributed by atoms with van der Waals surface area (Å²) in [5.74, 6) is -0.983. The Morgan fingerprint density at radius 1 is 1.21 bits per heavy atom. The molecule has 24 heavy (non-hydrogen) atoms. The van der Waals surface area contributed by atoms with Gasteiger partial charge in [-0.15, -0.1) is 0 Å². The van der Waals surface area contributed by atoms with Crippen molar-refractivity contribution in [2.24, 2.45) is 0 Å². The monoisotopic (exact) mass is 351 g/mol. The molecule has 0 radical (unpaired) electrons. The second-order valence-corrected chi connectivity index (χ2v) is 6.79. The Labute approximate surface area is 140 Å². The predicted octanol–water partition coefficient (Wildman–Crippen LogP) is 1.59. The number of aromatic nitrogens is 1. The van der Waals surface area contributed by atoms with Gasteiger partial charge in [0.25, 0.3) is 0 Å². The lowest BCUT2D eigenvalue weighted by molar-refractivity contribution is -0.122. The lowest BCUT2D eigenvalue weighted by Gasteiger charge is -2.17. The molecule has 2 rings (SSSR count). The van der Waals surface area contributed by atoms with Gasteiger partial charge in [0.15, 0.2) is 0 Å². The zero-order chi connectivity index (χ0) is 17.6. The third kappa shape index (κ3) is 4.84. The molecule has 1 aromatic carbocycles. The predicted molar refractivity (Wildman–Crippen MR) is 86.9 cm³/mol. The van der Waals surface area contributed by atoms with Crippen molar-refractivity contribution >= 4 is 15.9 Å². The van der Waals surface area contributed by atoms with Gasteiger partial charge in [-0.1, -0.05) is 13.0 Å². The van der Waals surface area contributed by atoms with Gasteiger partial charge in [0.1, 0.15) is 11.9 Å². The van der Waals surface area contributed by atoms with E-state index in [4.69, 9.17) is 0 Å². The number of nitrogens with one attached hydrogen (secondary N) is 2. The first-order valence-electron chi connectivity index (χ1n) is 7.38. The highest BCUT2D eigenvalue weighted by Crippen LogP contribution is 2.11. The smallest absolute Gasteiger partial charge is 0.241 e. The van der Waals surface area contributed by atoms with Crippen molar-refractivity contribution in [2.45, 2.75) is 30.8 Å². The fraction of sp³-hybridized carbons (Fsp3) is 0.250. The molecule has 0 saturated carbocycles. The molecule has 8 heteroatoms. The summed E-state index contributed by atoms with van der Waals surface area (Å²) >= 11 is 0. The van der Waals surface area contributed by atoms with Gasteiger partial charge < -0.3 is 5.32 Å². The molecular weight excluding hydrogens is 333 g/mol. The maximum atomic E-state index is 12.9. The van der Waals surface area contributed by atoms with Crippen LogP contribution >= 0.6 is 0 Å². The van der Waals surface area contributed by atoms with Crippen LogP contribution in [0.5, 0.6) is 0 Å². The minimum atomic E-state index is -3.91. The number of amides is 1. The molecule has 2 aromatic rings. The normalized spacial score (nSPS) is 12.6. The Hall–Kier alpha value is -2.32. The number of hydrogen-bond acceptors (Lipinski definition) is 4. The van der Waals surface area contributed by atoms with E-state index in [0.29, 0.717) is 5.69 Å². The molecule has 0 aliphatic carbocycles. The summed E-state index contributed by atoms with van der Waals surface area (Å²) in [6, 6.07) is 8.78. The summed E-state index contributed by atoms with van der Waals surface area (Å²) in [5, 5.41) is 2.64. The molecule has 6 nitrogen and oxygen atoms in total. The molecule has 2 N–H and O–H groups in total. The van der Waals surface area contributed by atoms with E-state index in [2.05, 4.69) is 15.0 Å². The summed E-state index contributed by atoms with van der Waals surface area (Å²) < 4.78 is 39.8. The number of pyridine rings is 1. The third-order valence-electron chi connectivity index (χ3n) is 3.32. The van der Waals surface area contributed by atoms with Crippen LogP contribution in [0.25, 0.3) is 0 Å². The molecule has 0 aliphatic heterocycles. The SMILES string of the molecule is CCC(NS(=O)(=O)c1ccc(F)cc1)C(=O)NCc1ccccn1. The molecule has 0 spiro atoms. The van der Waals surface area contributed by atoms with E-state index in [9.17, 15) is 17.6 Å². The Balaban J connectivity index is 2.02. The second kappa shape index (κ2) is 7.98. The van der Waals surface area contributed by atoms with Crippen LogP contribution in [0.2, 0.25) is 0 Å². The molecule has 0 aliphatic rings. The van der Waals surface area contributed by atoms with Crippen LogP contribution in [0.1, 0.15) is 19.0 Å². The molecule has 1 heterocycles. The van der Waals surface area contributed by atoms with Gasteiger partial charge in [0.05, 0.1) is 17.1 Å². The largest absolute Gasteiger partial charge is 0.349 e. The van der Waals surface area contributed by atoms with Crippen LogP contribution in [0.4, 0.5) is 4.39 Å². The Bertz CT molecular complexity index is 780. The molecule has 128 valence electrons. The van der Waals surface area contributed by atoms with Gasteiger partial charge in [-0.25, -0.2) is 12.8 Å². The quantitative estimate of drug-likeness (QED) is 0.793. The highest BCUT2D eigenvalue weighted by Gasteiger charge is 2.24. The van der Waals surface area contributed by atoms with E-state index in [0.717, 1.165) is 24.3 Å². The van der Waals surface area contributed by atoms with Crippen LogP contribution in [-0.4, -0.2) is 25.4 Å². The molecule has 1 unspecified atom stereocenters. The first-order valence-corrected chi connectivity index (χ1v) is 8.86. The standard InChI is InChI=1S/C16H18FN3O3S/c1-2-15(16(21)19-11-13-5-3-4-10-18-13)20-24(22,23)14-8-6-12(17)7-9-14/h3-10,15,20H,2,11H2,1H3,(H,19,21). The Kier molecular flexibility index (Phi) is 5.99. The number of carbonyl (C=O) groups is 1. The van der Waals surface area contributed by atoms with Gasteiger partial charge in [0, 0.05) is 6.20 Å². The summed E-state index contributed by atoms with van der Waals surface area (Å²) in [5.41, 5.74) is 0.669. The van der Waals surface area contributed by atoms with Crippen LogP contribution in [0.3, 0.4) is 0 Å². The Morgan fingerprint density at radius 3 is 2.50 bits per heavy atom. The summed E-state index contributed by atoms with van der Waals surface area (Å²) in [4.78, 5) is 16.2. The number of hydrogen-bond donors (Lipinski definition) is 2. The number of nitrogens with zero attached hydrogens (tertiary/aromatic N) is 1. The zero-order valence-electron chi connectivity index (χ0n) is 13.1. The van der Waals surface area contributed by atoms with Crippen molar-refractivity contribution in [2.75, 3.05) is 0 Å². The first kappa shape index (κ1) is 18.0. The molecule has 0 bridgehead atoms. The minimum Gasteiger partial charge on any atom is -0.349 e. The van der Waals surface area contributed by atoms with Gasteiger partial charge in [-0.05, 0) is 42.8 Å². The first-order chi connectivity index (χ1) is 11.4. The van der Waals surface area contributed by atoms with Crippen LogP contribution in [0.15, 0.2) is 53.6 Å². The van der Waals surface area contributed by atoms with Crippen molar-refractivity contribution in [3.8, 4) is 0 Å². The van der Waals surface area contributed by atoms with Gasteiger partial charge in [-0.2, -0.15) is 4.72 Å². The van der Waals surface area contributed by atoms with Crippen molar-refractivity contribution < 1.29 is 17.6 Å². The van der Waals surface area contributed by atoms with Crippen molar-refractivity contribution in [3.63, 3.8) is 0 Å². The van der Waals surface area contributed by atoms with Crippen molar-refractivity contribution in [1.29, 1.82) is 0 Å². The third-order valence-corrected chi connectivity index (χ3v) is 4.80. The number of rotatable bonds is 7. The maximum Gasteiger partial charge on any atom is 0.241 e. The minimum absolute atomic E-state index is 0.0973. The highest BCUT2D eigenvalue weighted by molar-refractivity contribution is 7.89. The van der Waals surface area contributed by atoms with E-state index < -0.39 is 27.8 Å². The average molecular weight is 351 g/mol. The number of benzene rings is 1. The summed E-state index contributed by atoms with van der Waals surface area (Å²) in [6.45, 7) is 1.90. The zero-order valence-corrected chi connectivity index (χ0v) is 13.9. The fourth-order valence-electron chi connectivity index (χ4n) is 1.99. The Morgan fingerprint density at radius 2 is 1.92 bits per heavy atom. The van der Waals surface area contributed by atoms with Crippen LogP contribution in [-0.2, 0) is 21.4 Å². The van der Waals surface area contributed by atoms with E-state index in [1.165, 1.54) is 0 Å². The van der Waals surface area contributed by atoms with Crippen LogP contribution < -0.4 is 10.0 Å². The van der Waals surface area contributed by atoms with E-state index >= 15 is 0 Å². The molecule has 1 amide bonds. The van der Waals surface area contributed by atoms with E-state index in [1.54, 1.807) is 31.3 Å². The van der Waals surface area contributed by atoms with Crippen LogP contribution in [0, 0.1) is 5.82 Å². The molecule has 0 saturated heterocycles. The molecule has 0 fully saturated rings. The molecule has 1 atom stereocenters. The average Bonchev–Trinajstić information content (AvgIpc) is 2.59. The van der Waals surface area contributed by atoms with E-state index in [-0.39, 0.29) is 17.9 Å². The van der Waals surface area contributed by atoms with Gasteiger partial charge >= 0.3 is 0 Å². The van der Waals surface area contributed by atoms with Crippen molar-refractivity contribution in [1.82, 2.24) is 15.0 Å². The van der Waals surface area contributed by atoms with E-state index in [1.807, 2.05) is 0 Å². The summed E-state index contributed by atoms with van der Waals surface area (Å²) in [7, 11) is -3.91. The number of carbonyl (C=O) groups excluding carboxylic acids is 1.